The van der Waals surface area contributed by atoms with Gasteiger partial charge in [-0.2, -0.15) is 0 Å². The monoisotopic (exact) mass is 404 g/mol. The first-order chi connectivity index (χ1) is 13.4. The van der Waals surface area contributed by atoms with Crippen LogP contribution in [0.5, 0.6) is 5.75 Å². The van der Waals surface area contributed by atoms with Crippen molar-refractivity contribution in [3.05, 3.63) is 58.6 Å². The number of esters is 1. The van der Waals surface area contributed by atoms with Crippen LogP contribution in [0.1, 0.15) is 22.8 Å². The molecule has 0 atom stereocenters. The summed E-state index contributed by atoms with van der Waals surface area (Å²) in [6, 6.07) is 11.9. The zero-order valence-corrected chi connectivity index (χ0v) is 16.3. The first-order valence-electron chi connectivity index (χ1n) is 8.59. The van der Waals surface area contributed by atoms with E-state index < -0.39 is 18.5 Å². The first-order valence-corrected chi connectivity index (χ1v) is 8.97. The van der Waals surface area contributed by atoms with Gasteiger partial charge in [0.05, 0.1) is 13.7 Å². The summed E-state index contributed by atoms with van der Waals surface area (Å²) in [6.45, 7) is 1.21. The molecule has 0 spiro atoms. The highest BCUT2D eigenvalue weighted by Gasteiger charge is 2.16. The van der Waals surface area contributed by atoms with Gasteiger partial charge in [0.15, 0.2) is 6.61 Å². The quantitative estimate of drug-likeness (QED) is 0.660. The Morgan fingerprint density at radius 3 is 2.54 bits per heavy atom. The lowest BCUT2D eigenvalue weighted by Crippen LogP contribution is -2.35. The molecule has 2 aromatic rings. The van der Waals surface area contributed by atoms with Gasteiger partial charge in [-0.25, -0.2) is 4.79 Å². The van der Waals surface area contributed by atoms with E-state index in [1.54, 1.807) is 12.1 Å². The number of amides is 2. The molecule has 0 aliphatic rings. The molecule has 0 unspecified atom stereocenters. The molecule has 2 rings (SSSR count). The molecule has 0 bridgehead atoms. The van der Waals surface area contributed by atoms with Gasteiger partial charge in [0.2, 0.25) is 5.91 Å². The summed E-state index contributed by atoms with van der Waals surface area (Å²) >= 11 is 5.87. The van der Waals surface area contributed by atoms with E-state index in [2.05, 4.69) is 10.6 Å². The van der Waals surface area contributed by atoms with Gasteiger partial charge >= 0.3 is 5.97 Å². The van der Waals surface area contributed by atoms with Gasteiger partial charge in [-0.15, -0.1) is 0 Å². The number of methoxy groups -OCH3 is 1. The van der Waals surface area contributed by atoms with Crippen molar-refractivity contribution >= 4 is 35.1 Å². The molecular formula is C20H21ClN2O5. The summed E-state index contributed by atoms with van der Waals surface area (Å²) in [5.41, 5.74) is 1.80. The summed E-state index contributed by atoms with van der Waals surface area (Å²) in [6.07, 6.45) is 0.770. The lowest BCUT2D eigenvalue weighted by atomic mass is 10.1. The molecule has 0 saturated carbocycles. The van der Waals surface area contributed by atoms with Crippen molar-refractivity contribution in [1.29, 1.82) is 0 Å². The number of para-hydroxylation sites is 1. The summed E-state index contributed by atoms with van der Waals surface area (Å²) in [7, 11) is 1.40. The number of hydrogen-bond acceptors (Lipinski definition) is 5. The van der Waals surface area contributed by atoms with Gasteiger partial charge in [-0.05, 0) is 36.2 Å². The van der Waals surface area contributed by atoms with Gasteiger partial charge in [-0.3, -0.25) is 9.59 Å². The second kappa shape index (κ2) is 10.3. The number of hydrogen-bond donors (Lipinski definition) is 2. The van der Waals surface area contributed by atoms with Crippen LogP contribution in [0.25, 0.3) is 0 Å². The molecule has 0 aliphatic heterocycles. The summed E-state index contributed by atoms with van der Waals surface area (Å²) in [5.74, 6) is -1.45. The minimum atomic E-state index is -0.754. The lowest BCUT2D eigenvalue weighted by molar-refractivity contribution is -0.126. The maximum Gasteiger partial charge on any atom is 0.342 e. The Morgan fingerprint density at radius 2 is 1.82 bits per heavy atom. The molecule has 2 aromatic carbocycles. The summed E-state index contributed by atoms with van der Waals surface area (Å²) in [5, 5.41) is 5.47. The second-order valence-corrected chi connectivity index (χ2v) is 6.19. The van der Waals surface area contributed by atoms with Gasteiger partial charge in [0.25, 0.3) is 5.91 Å². The Kier molecular flexibility index (Phi) is 7.83. The van der Waals surface area contributed by atoms with Crippen molar-refractivity contribution in [2.45, 2.75) is 13.3 Å². The van der Waals surface area contributed by atoms with Crippen LogP contribution in [0.2, 0.25) is 5.02 Å². The molecule has 0 saturated heterocycles. The van der Waals surface area contributed by atoms with Crippen LogP contribution in [0.4, 0.5) is 5.69 Å². The zero-order valence-electron chi connectivity index (χ0n) is 15.6. The average Bonchev–Trinajstić information content (AvgIpc) is 2.70. The van der Waals surface area contributed by atoms with Crippen LogP contribution in [-0.2, 0) is 20.7 Å². The maximum absolute atomic E-state index is 12.1. The first kappa shape index (κ1) is 21.2. The molecule has 148 valence electrons. The fourth-order valence-corrected chi connectivity index (χ4v) is 2.60. The van der Waals surface area contributed by atoms with Crippen molar-refractivity contribution in [1.82, 2.24) is 5.32 Å². The zero-order chi connectivity index (χ0) is 20.5. The maximum atomic E-state index is 12.1. The van der Waals surface area contributed by atoms with Gasteiger partial charge in [0, 0.05) is 10.7 Å². The highest BCUT2D eigenvalue weighted by molar-refractivity contribution is 6.31. The normalized spacial score (nSPS) is 10.1. The molecule has 0 aromatic heterocycles. The molecule has 28 heavy (non-hydrogen) atoms. The fraction of sp³-hybridized carbons (Fsp3) is 0.250. The van der Waals surface area contributed by atoms with E-state index in [-0.39, 0.29) is 23.8 Å². The molecule has 7 nitrogen and oxygen atoms in total. The van der Waals surface area contributed by atoms with Crippen LogP contribution in [0.3, 0.4) is 0 Å². The third-order valence-corrected chi connectivity index (χ3v) is 4.07. The number of carbonyl (C=O) groups is 3. The Morgan fingerprint density at radius 1 is 1.07 bits per heavy atom. The van der Waals surface area contributed by atoms with Crippen LogP contribution in [-0.4, -0.2) is 38.0 Å². The molecule has 8 heteroatoms. The number of anilines is 1. The molecule has 2 N–H and O–H groups in total. The molecule has 0 fully saturated rings. The minimum absolute atomic E-state index is 0.108. The van der Waals surface area contributed by atoms with Crippen molar-refractivity contribution in [2.24, 2.45) is 0 Å². The topological polar surface area (TPSA) is 93.7 Å². The van der Waals surface area contributed by atoms with E-state index in [1.165, 1.54) is 19.2 Å². The lowest BCUT2D eigenvalue weighted by Gasteiger charge is -2.11. The molecule has 0 aliphatic carbocycles. The summed E-state index contributed by atoms with van der Waals surface area (Å²) in [4.78, 5) is 36.0. The van der Waals surface area contributed by atoms with Crippen LogP contribution in [0.15, 0.2) is 42.5 Å². The Balaban J connectivity index is 1.82. The largest absolute Gasteiger partial charge is 0.496 e. The fourth-order valence-electron chi connectivity index (χ4n) is 2.42. The Hall–Kier alpha value is -3.06. The average molecular weight is 405 g/mol. The third-order valence-electron chi connectivity index (χ3n) is 3.83. The van der Waals surface area contributed by atoms with Gasteiger partial charge < -0.3 is 20.1 Å². The minimum Gasteiger partial charge on any atom is -0.496 e. The third kappa shape index (κ3) is 5.99. The number of carbonyl (C=O) groups excluding carboxylic acids is 3. The number of rotatable bonds is 8. The predicted octanol–water partition coefficient (Wildman–Crippen LogP) is 2.82. The Labute approximate surface area is 168 Å². The molecule has 0 heterocycles. The van der Waals surface area contributed by atoms with Crippen molar-refractivity contribution in [2.75, 3.05) is 25.6 Å². The number of ether oxygens (including phenoxy) is 2. The highest BCUT2D eigenvalue weighted by atomic mass is 35.5. The standard InChI is InChI=1S/C20H21ClN2O5/c1-3-13-6-4-5-7-16(13)23-18(24)11-22-19(25)12-28-20(26)15-10-14(21)8-9-17(15)27-2/h4-10H,3,11-12H2,1-2H3,(H,22,25)(H,23,24). The smallest absolute Gasteiger partial charge is 0.342 e. The van der Waals surface area contributed by atoms with Crippen LogP contribution >= 0.6 is 11.6 Å². The number of aryl methyl sites for hydroxylation is 1. The van der Waals surface area contributed by atoms with Crippen molar-refractivity contribution < 1.29 is 23.9 Å². The van der Waals surface area contributed by atoms with Crippen LogP contribution in [0, 0.1) is 0 Å². The van der Waals surface area contributed by atoms with Gasteiger partial charge in [0.1, 0.15) is 11.3 Å². The number of benzene rings is 2. The predicted molar refractivity (Wildman–Crippen MR) is 106 cm³/mol. The molecular weight excluding hydrogens is 384 g/mol. The van der Waals surface area contributed by atoms with Crippen molar-refractivity contribution in [3.63, 3.8) is 0 Å². The van der Waals surface area contributed by atoms with E-state index in [0.717, 1.165) is 12.0 Å². The highest BCUT2D eigenvalue weighted by Crippen LogP contribution is 2.23. The van der Waals surface area contributed by atoms with E-state index in [9.17, 15) is 14.4 Å². The molecule has 2 amide bonds. The van der Waals surface area contributed by atoms with E-state index in [0.29, 0.717) is 10.7 Å². The molecule has 0 radical (unpaired) electrons. The van der Waals surface area contributed by atoms with E-state index in [1.807, 2.05) is 25.1 Å². The van der Waals surface area contributed by atoms with Crippen LogP contribution < -0.4 is 15.4 Å². The van der Waals surface area contributed by atoms with E-state index >= 15 is 0 Å². The SMILES string of the molecule is CCc1ccccc1NC(=O)CNC(=O)COC(=O)c1cc(Cl)ccc1OC. The van der Waals surface area contributed by atoms with Gasteiger partial charge in [-0.1, -0.05) is 36.7 Å². The summed E-state index contributed by atoms with van der Waals surface area (Å²) < 4.78 is 10.0. The Bertz CT molecular complexity index is 869. The van der Waals surface area contributed by atoms with E-state index in [4.69, 9.17) is 21.1 Å². The number of halogens is 1. The van der Waals surface area contributed by atoms with Crippen molar-refractivity contribution in [3.8, 4) is 5.75 Å². The number of nitrogens with one attached hydrogen (secondary N) is 2. The second-order valence-electron chi connectivity index (χ2n) is 5.76.